The first-order valence-electron chi connectivity index (χ1n) is 9.14. The minimum absolute atomic E-state index is 0.00490. The van der Waals surface area contributed by atoms with Crippen LogP contribution in [0.25, 0.3) is 0 Å². The summed E-state index contributed by atoms with van der Waals surface area (Å²) in [7, 11) is 0. The molecule has 0 saturated heterocycles. The Morgan fingerprint density at radius 1 is 1.10 bits per heavy atom. The molecule has 4 rings (SSSR count). The van der Waals surface area contributed by atoms with E-state index in [2.05, 4.69) is 13.0 Å². The zero-order valence-electron chi connectivity index (χ0n) is 14.0. The lowest BCUT2D eigenvalue weighted by atomic mass is 9.58. The Kier molecular flexibility index (Phi) is 4.12. The molecule has 0 heterocycles. The van der Waals surface area contributed by atoms with Crippen LogP contribution in [0.15, 0.2) is 22.8 Å². The molecule has 0 aromatic rings. The molecule has 0 spiro atoms. The number of hydrogen-bond acceptors (Lipinski definition) is 1. The lowest BCUT2D eigenvalue weighted by Gasteiger charge is -2.45. The Balaban J connectivity index is 0.000000636. The van der Waals surface area contributed by atoms with Crippen LogP contribution >= 0.6 is 0 Å². The predicted molar refractivity (Wildman–Crippen MR) is 88.1 cm³/mol. The summed E-state index contributed by atoms with van der Waals surface area (Å²) in [5.74, 6) is 1.85. The monoisotopic (exact) mass is 286 g/mol. The van der Waals surface area contributed by atoms with Crippen molar-refractivity contribution in [3.63, 3.8) is 0 Å². The van der Waals surface area contributed by atoms with Crippen molar-refractivity contribution >= 4 is 5.78 Å². The molecule has 116 valence electrons. The number of rotatable bonds is 0. The van der Waals surface area contributed by atoms with E-state index in [1.165, 1.54) is 38.5 Å². The van der Waals surface area contributed by atoms with Crippen LogP contribution in [-0.2, 0) is 4.79 Å². The van der Waals surface area contributed by atoms with Gasteiger partial charge in [-0.2, -0.15) is 0 Å². The van der Waals surface area contributed by atoms with E-state index in [0.717, 1.165) is 25.2 Å². The van der Waals surface area contributed by atoms with Crippen LogP contribution < -0.4 is 0 Å². The molecule has 3 atom stereocenters. The second-order valence-electron chi connectivity index (χ2n) is 7.27. The maximum atomic E-state index is 12.2. The maximum Gasteiger partial charge on any atom is 0.139 e. The van der Waals surface area contributed by atoms with E-state index < -0.39 is 0 Å². The molecule has 1 nitrogen and oxygen atoms in total. The van der Waals surface area contributed by atoms with E-state index in [4.69, 9.17) is 0 Å². The van der Waals surface area contributed by atoms with Crippen LogP contribution in [0.4, 0.5) is 0 Å². The molecule has 0 aliphatic heterocycles. The van der Waals surface area contributed by atoms with E-state index in [-0.39, 0.29) is 5.41 Å². The normalized spacial score (nSPS) is 37.9. The van der Waals surface area contributed by atoms with Crippen LogP contribution in [0.2, 0.25) is 0 Å². The van der Waals surface area contributed by atoms with Gasteiger partial charge in [0, 0.05) is 17.8 Å². The van der Waals surface area contributed by atoms with Crippen molar-refractivity contribution in [3.8, 4) is 0 Å². The van der Waals surface area contributed by atoms with Gasteiger partial charge >= 0.3 is 0 Å². The fourth-order valence-electron chi connectivity index (χ4n) is 5.32. The van der Waals surface area contributed by atoms with Gasteiger partial charge in [-0.15, -0.1) is 0 Å². The number of carbonyl (C=O) groups is 1. The van der Waals surface area contributed by atoms with E-state index >= 15 is 0 Å². The van der Waals surface area contributed by atoms with Crippen LogP contribution in [0.1, 0.15) is 78.6 Å². The fraction of sp³-hybridized carbons (Fsp3) is 0.750. The molecule has 0 radical (unpaired) electrons. The minimum Gasteiger partial charge on any atom is -0.299 e. The summed E-state index contributed by atoms with van der Waals surface area (Å²) >= 11 is 0. The fourth-order valence-corrected chi connectivity index (χ4v) is 5.32. The van der Waals surface area contributed by atoms with E-state index in [1.54, 1.807) is 16.7 Å². The summed E-state index contributed by atoms with van der Waals surface area (Å²) in [6.45, 7) is 6.24. The Bertz CT molecular complexity index is 496. The molecule has 4 aliphatic rings. The average molecular weight is 286 g/mol. The Morgan fingerprint density at radius 2 is 1.86 bits per heavy atom. The number of hydrogen-bond donors (Lipinski definition) is 0. The number of Topliss-reactive ketones (excluding diaryl/α,β-unsaturated/α-hetero) is 1. The van der Waals surface area contributed by atoms with Crippen LogP contribution in [0.5, 0.6) is 0 Å². The summed E-state index contributed by atoms with van der Waals surface area (Å²) in [4.78, 5) is 12.2. The lowest BCUT2D eigenvalue weighted by Crippen LogP contribution is -2.38. The molecule has 21 heavy (non-hydrogen) atoms. The van der Waals surface area contributed by atoms with Crippen molar-refractivity contribution < 1.29 is 4.79 Å². The van der Waals surface area contributed by atoms with Gasteiger partial charge in [-0.3, -0.25) is 4.79 Å². The van der Waals surface area contributed by atoms with Crippen LogP contribution in [-0.4, -0.2) is 5.78 Å². The molecular weight excluding hydrogens is 256 g/mol. The first kappa shape index (κ1) is 15.1. The highest BCUT2D eigenvalue weighted by molar-refractivity contribution is 5.88. The topological polar surface area (TPSA) is 17.1 Å². The zero-order valence-corrected chi connectivity index (χ0v) is 14.0. The van der Waals surface area contributed by atoms with Crippen LogP contribution in [0.3, 0.4) is 0 Å². The average Bonchev–Trinajstić information content (AvgIpc) is 2.85. The molecule has 3 unspecified atom stereocenters. The van der Waals surface area contributed by atoms with Gasteiger partial charge in [0.25, 0.3) is 0 Å². The van der Waals surface area contributed by atoms with Crippen molar-refractivity contribution in [1.29, 1.82) is 0 Å². The lowest BCUT2D eigenvalue weighted by molar-refractivity contribution is -0.127. The molecule has 0 aromatic heterocycles. The van der Waals surface area contributed by atoms with E-state index in [9.17, 15) is 4.79 Å². The van der Waals surface area contributed by atoms with Gasteiger partial charge in [-0.1, -0.05) is 43.6 Å². The first-order chi connectivity index (χ1) is 10.2. The molecule has 0 bridgehead atoms. The number of allylic oxidation sites excluding steroid dienone is 4. The number of ketones is 1. The maximum absolute atomic E-state index is 12.2. The van der Waals surface area contributed by atoms with Crippen LogP contribution in [0, 0.1) is 17.3 Å². The highest BCUT2D eigenvalue weighted by Gasteiger charge is 2.52. The van der Waals surface area contributed by atoms with Gasteiger partial charge in [0.05, 0.1) is 0 Å². The highest BCUT2D eigenvalue weighted by atomic mass is 16.1. The molecule has 2 saturated carbocycles. The van der Waals surface area contributed by atoms with Crippen molar-refractivity contribution in [2.24, 2.45) is 17.3 Å². The van der Waals surface area contributed by atoms with Gasteiger partial charge in [0.2, 0.25) is 0 Å². The molecule has 0 amide bonds. The Morgan fingerprint density at radius 3 is 2.67 bits per heavy atom. The van der Waals surface area contributed by atoms with Crippen molar-refractivity contribution in [3.05, 3.63) is 22.8 Å². The summed E-state index contributed by atoms with van der Waals surface area (Å²) < 4.78 is 0. The van der Waals surface area contributed by atoms with E-state index in [1.807, 2.05) is 13.8 Å². The largest absolute Gasteiger partial charge is 0.299 e. The quantitative estimate of drug-likeness (QED) is 0.529. The summed E-state index contributed by atoms with van der Waals surface area (Å²) in [6, 6.07) is 0. The second kappa shape index (κ2) is 5.74. The Hall–Kier alpha value is -0.850. The second-order valence-corrected chi connectivity index (χ2v) is 7.27. The smallest absolute Gasteiger partial charge is 0.139 e. The van der Waals surface area contributed by atoms with Gasteiger partial charge in [-0.25, -0.2) is 0 Å². The van der Waals surface area contributed by atoms with Crippen molar-refractivity contribution in [1.82, 2.24) is 0 Å². The third kappa shape index (κ3) is 2.24. The summed E-state index contributed by atoms with van der Waals surface area (Å²) in [6.07, 6.45) is 13.5. The molecule has 0 aromatic carbocycles. The number of fused-ring (bicyclic) bond motifs is 4. The van der Waals surface area contributed by atoms with E-state index in [0.29, 0.717) is 11.7 Å². The predicted octanol–water partition coefficient (Wildman–Crippen LogP) is 5.61. The first-order valence-corrected chi connectivity index (χ1v) is 9.14. The standard InChI is InChI=1S/C18H24O.C2H6/c1-18-11-10-14-13-5-3-2-4-12(13)6-7-15(14)16(18)8-9-17(18)19;1-2/h7,14,16H,2-6,8-11H2,1H3;1-2H3. The molecule has 0 N–H and O–H groups in total. The van der Waals surface area contributed by atoms with Gasteiger partial charge in [0.1, 0.15) is 5.78 Å². The molecule has 4 aliphatic carbocycles. The number of carbonyl (C=O) groups excluding carboxylic acids is 1. The Labute approximate surface area is 129 Å². The van der Waals surface area contributed by atoms with Gasteiger partial charge in [-0.05, 0) is 57.3 Å². The molecule has 2 fully saturated rings. The van der Waals surface area contributed by atoms with Gasteiger partial charge in [0.15, 0.2) is 0 Å². The summed E-state index contributed by atoms with van der Waals surface area (Å²) in [5.41, 5.74) is 5.22. The van der Waals surface area contributed by atoms with Crippen molar-refractivity contribution in [2.45, 2.75) is 78.6 Å². The SMILES string of the molecule is CC.CC12CCC3C(=CCC4=C3CCCC4)C1CCC2=O. The molecular formula is C20H30O. The third-order valence-electron chi connectivity index (χ3n) is 6.46. The minimum atomic E-state index is -0.00490. The van der Waals surface area contributed by atoms with Crippen molar-refractivity contribution in [2.75, 3.05) is 0 Å². The third-order valence-corrected chi connectivity index (χ3v) is 6.46. The summed E-state index contributed by atoms with van der Waals surface area (Å²) in [5, 5.41) is 0. The zero-order chi connectivity index (χ0) is 15.0. The van der Waals surface area contributed by atoms with Gasteiger partial charge < -0.3 is 0 Å². The highest BCUT2D eigenvalue weighted by Crippen LogP contribution is 2.58. The molecule has 1 heteroatoms.